The Kier molecular flexibility index (Phi) is 5.48. The van der Waals surface area contributed by atoms with Crippen LogP contribution in [-0.4, -0.2) is 48.0 Å². The summed E-state index contributed by atoms with van der Waals surface area (Å²) in [6, 6.07) is 11.3. The summed E-state index contributed by atoms with van der Waals surface area (Å²) in [4.78, 5) is 0. The molecule has 1 aliphatic rings. The Labute approximate surface area is 172 Å². The van der Waals surface area contributed by atoms with Crippen LogP contribution in [0.1, 0.15) is 12.5 Å². The zero-order valence-corrected chi connectivity index (χ0v) is 16.9. The Balaban J connectivity index is 1.66. The molecule has 8 nitrogen and oxygen atoms in total. The lowest BCUT2D eigenvalue weighted by Gasteiger charge is -2.20. The van der Waals surface area contributed by atoms with Crippen LogP contribution in [0.5, 0.6) is 23.0 Å². The van der Waals surface area contributed by atoms with E-state index < -0.39 is 0 Å². The zero-order valence-electron chi connectivity index (χ0n) is 16.0. The average molecular weight is 412 g/mol. The van der Waals surface area contributed by atoms with Crippen LogP contribution >= 0.6 is 12.2 Å². The zero-order chi connectivity index (χ0) is 20.2. The van der Waals surface area contributed by atoms with E-state index in [-0.39, 0.29) is 0 Å². The summed E-state index contributed by atoms with van der Waals surface area (Å²) >= 11 is 5.34. The first kappa shape index (κ1) is 19.0. The molecule has 0 atom stereocenters. The van der Waals surface area contributed by atoms with E-state index in [4.69, 9.17) is 31.2 Å². The van der Waals surface area contributed by atoms with E-state index in [0.717, 1.165) is 16.9 Å². The fourth-order valence-corrected chi connectivity index (χ4v) is 3.12. The fraction of sp³-hybridized carbons (Fsp3) is 0.250. The van der Waals surface area contributed by atoms with E-state index in [9.17, 15) is 0 Å². The van der Waals surface area contributed by atoms with Crippen LogP contribution in [0.15, 0.2) is 41.5 Å². The van der Waals surface area contributed by atoms with Gasteiger partial charge in [0.25, 0.3) is 0 Å². The fourth-order valence-electron chi connectivity index (χ4n) is 2.94. The monoisotopic (exact) mass is 412 g/mol. The van der Waals surface area contributed by atoms with Crippen LogP contribution in [0.2, 0.25) is 0 Å². The smallest absolute Gasteiger partial charge is 0.216 e. The lowest BCUT2D eigenvalue weighted by Crippen LogP contribution is -2.16. The Morgan fingerprint density at radius 2 is 2.03 bits per heavy atom. The summed E-state index contributed by atoms with van der Waals surface area (Å²) in [6.07, 6.45) is 1.67. The van der Waals surface area contributed by atoms with Crippen LogP contribution in [0, 0.1) is 4.77 Å². The number of ether oxygens (including phenoxy) is 4. The van der Waals surface area contributed by atoms with Crippen molar-refractivity contribution in [3.8, 4) is 34.4 Å². The second kappa shape index (κ2) is 8.36. The van der Waals surface area contributed by atoms with Crippen molar-refractivity contribution in [3.05, 3.63) is 46.7 Å². The van der Waals surface area contributed by atoms with Crippen LogP contribution in [0.25, 0.3) is 11.4 Å². The number of aromatic amines is 1. The van der Waals surface area contributed by atoms with E-state index in [1.54, 1.807) is 18.0 Å². The molecule has 0 amide bonds. The van der Waals surface area contributed by atoms with E-state index in [0.29, 0.717) is 47.7 Å². The van der Waals surface area contributed by atoms with Gasteiger partial charge in [0, 0.05) is 11.1 Å². The molecular formula is C20H20N4O4S. The molecule has 0 radical (unpaired) electrons. The Morgan fingerprint density at radius 3 is 2.79 bits per heavy atom. The minimum Gasteiger partial charge on any atom is -0.494 e. The number of benzene rings is 2. The van der Waals surface area contributed by atoms with Gasteiger partial charge < -0.3 is 18.9 Å². The van der Waals surface area contributed by atoms with E-state index in [1.807, 2.05) is 43.3 Å². The Morgan fingerprint density at radius 1 is 1.24 bits per heavy atom. The highest BCUT2D eigenvalue weighted by Gasteiger charge is 2.18. The molecule has 0 fully saturated rings. The Hall–Kier alpha value is -3.33. The van der Waals surface area contributed by atoms with Crippen molar-refractivity contribution in [1.29, 1.82) is 0 Å². The summed E-state index contributed by atoms with van der Waals surface area (Å²) < 4.78 is 24.1. The number of hydrogen-bond donors (Lipinski definition) is 1. The molecule has 2 aromatic carbocycles. The third-order valence-corrected chi connectivity index (χ3v) is 4.51. The molecule has 150 valence electrons. The number of H-pyrrole nitrogens is 1. The predicted molar refractivity (Wildman–Crippen MR) is 111 cm³/mol. The van der Waals surface area contributed by atoms with Gasteiger partial charge in [-0.1, -0.05) is 0 Å². The standard InChI is InChI=1S/C20H20N4O4S/c1-3-26-15-6-4-14(5-7-15)19-22-23-20(29)24(19)21-12-13-10-16(25-2)18-17(11-13)27-8-9-28-18/h4-7,10-12H,3,8-9H2,1-2H3,(H,23,29)/b21-12-. The highest BCUT2D eigenvalue weighted by atomic mass is 32.1. The molecule has 0 spiro atoms. The van der Waals surface area contributed by atoms with Gasteiger partial charge in [-0.15, -0.1) is 0 Å². The van der Waals surface area contributed by atoms with Gasteiger partial charge in [0.1, 0.15) is 19.0 Å². The summed E-state index contributed by atoms with van der Waals surface area (Å²) in [7, 11) is 1.59. The van der Waals surface area contributed by atoms with Gasteiger partial charge >= 0.3 is 0 Å². The van der Waals surface area contributed by atoms with Gasteiger partial charge in [0.05, 0.1) is 19.9 Å². The molecule has 1 aromatic heterocycles. The first-order valence-corrected chi connectivity index (χ1v) is 9.53. The van der Waals surface area contributed by atoms with Crippen molar-refractivity contribution in [2.45, 2.75) is 6.92 Å². The maximum absolute atomic E-state index is 5.67. The van der Waals surface area contributed by atoms with E-state index in [1.165, 1.54) is 0 Å². The summed E-state index contributed by atoms with van der Waals surface area (Å²) in [5.41, 5.74) is 1.64. The molecule has 0 saturated heterocycles. The average Bonchev–Trinajstić information content (AvgIpc) is 3.12. The molecule has 0 aliphatic carbocycles. The van der Waals surface area contributed by atoms with Crippen LogP contribution in [-0.2, 0) is 0 Å². The number of fused-ring (bicyclic) bond motifs is 1. The minimum absolute atomic E-state index is 0.384. The first-order chi connectivity index (χ1) is 14.2. The summed E-state index contributed by atoms with van der Waals surface area (Å²) in [5, 5.41) is 11.6. The third-order valence-electron chi connectivity index (χ3n) is 4.25. The molecular weight excluding hydrogens is 392 g/mol. The van der Waals surface area contributed by atoms with Gasteiger partial charge in [-0.2, -0.15) is 14.9 Å². The van der Waals surface area contributed by atoms with E-state index in [2.05, 4.69) is 15.3 Å². The number of nitrogens with one attached hydrogen (secondary N) is 1. The van der Waals surface area contributed by atoms with Crippen molar-refractivity contribution in [3.63, 3.8) is 0 Å². The number of aromatic nitrogens is 3. The first-order valence-electron chi connectivity index (χ1n) is 9.12. The topological polar surface area (TPSA) is 82.9 Å². The predicted octanol–water partition coefficient (Wildman–Crippen LogP) is 3.67. The second-order valence-electron chi connectivity index (χ2n) is 6.11. The van der Waals surface area contributed by atoms with E-state index >= 15 is 0 Å². The maximum atomic E-state index is 5.67. The molecule has 29 heavy (non-hydrogen) atoms. The van der Waals surface area contributed by atoms with Crippen molar-refractivity contribution >= 4 is 18.4 Å². The largest absolute Gasteiger partial charge is 0.494 e. The number of nitrogens with zero attached hydrogens (tertiary/aromatic N) is 3. The molecule has 4 rings (SSSR count). The maximum Gasteiger partial charge on any atom is 0.216 e. The molecule has 0 bridgehead atoms. The highest BCUT2D eigenvalue weighted by molar-refractivity contribution is 7.71. The molecule has 0 unspecified atom stereocenters. The number of hydrogen-bond acceptors (Lipinski definition) is 7. The molecule has 0 saturated carbocycles. The van der Waals surface area contributed by atoms with Crippen LogP contribution in [0.3, 0.4) is 0 Å². The van der Waals surface area contributed by atoms with Gasteiger partial charge in [-0.3, -0.25) is 0 Å². The normalized spacial score (nSPS) is 12.9. The highest BCUT2D eigenvalue weighted by Crippen LogP contribution is 2.40. The quantitative estimate of drug-likeness (QED) is 0.491. The van der Waals surface area contributed by atoms with Gasteiger partial charge in [0.15, 0.2) is 17.3 Å². The second-order valence-corrected chi connectivity index (χ2v) is 6.50. The Bertz CT molecular complexity index is 1070. The lowest BCUT2D eigenvalue weighted by atomic mass is 10.2. The summed E-state index contributed by atoms with van der Waals surface area (Å²) in [6.45, 7) is 3.54. The van der Waals surface area contributed by atoms with Crippen LogP contribution < -0.4 is 18.9 Å². The molecule has 1 aliphatic heterocycles. The molecule has 1 N–H and O–H groups in total. The molecule has 9 heteroatoms. The molecule has 2 heterocycles. The van der Waals surface area contributed by atoms with Gasteiger partial charge in [0.2, 0.25) is 10.5 Å². The van der Waals surface area contributed by atoms with Crippen molar-refractivity contribution in [2.75, 3.05) is 26.9 Å². The van der Waals surface area contributed by atoms with Crippen molar-refractivity contribution in [2.24, 2.45) is 5.10 Å². The third kappa shape index (κ3) is 3.95. The van der Waals surface area contributed by atoms with Gasteiger partial charge in [-0.05, 0) is 55.5 Å². The minimum atomic E-state index is 0.384. The molecule has 3 aromatic rings. The van der Waals surface area contributed by atoms with Gasteiger partial charge in [-0.25, -0.2) is 5.10 Å². The summed E-state index contributed by atoms with van der Waals surface area (Å²) in [5.74, 6) is 3.21. The van der Waals surface area contributed by atoms with Crippen molar-refractivity contribution < 1.29 is 18.9 Å². The number of methoxy groups -OCH3 is 1. The van der Waals surface area contributed by atoms with Crippen LogP contribution in [0.4, 0.5) is 0 Å². The lowest BCUT2D eigenvalue weighted by molar-refractivity contribution is 0.165. The SMILES string of the molecule is CCOc1ccc(-c2n[nH]c(=S)n2/N=C\c2cc(OC)c3c(c2)OCCO3)cc1. The van der Waals surface area contributed by atoms with Crippen molar-refractivity contribution in [1.82, 2.24) is 14.9 Å². The number of rotatable bonds is 6.